The Morgan fingerprint density at radius 1 is 1.33 bits per heavy atom. The van der Waals surface area contributed by atoms with Crippen LogP contribution in [0.2, 0.25) is 5.02 Å². The van der Waals surface area contributed by atoms with E-state index in [-0.39, 0.29) is 5.91 Å². The Balaban J connectivity index is 1.67. The first-order valence-electron chi connectivity index (χ1n) is 7.74. The maximum atomic E-state index is 12.9. The van der Waals surface area contributed by atoms with Gasteiger partial charge in [0.15, 0.2) is 0 Å². The highest BCUT2D eigenvalue weighted by Gasteiger charge is 2.25. The summed E-state index contributed by atoms with van der Waals surface area (Å²) in [5.41, 5.74) is 4.14. The molecule has 3 aromatic rings. The van der Waals surface area contributed by atoms with Gasteiger partial charge in [0.25, 0.3) is 5.91 Å². The molecule has 4 rings (SSSR count). The number of amides is 1. The Kier molecular flexibility index (Phi) is 3.98. The van der Waals surface area contributed by atoms with Gasteiger partial charge in [-0.25, -0.2) is 4.98 Å². The van der Waals surface area contributed by atoms with Crippen molar-refractivity contribution in [2.75, 3.05) is 12.8 Å². The molecule has 6 heteroatoms. The van der Waals surface area contributed by atoms with Gasteiger partial charge in [0, 0.05) is 58.5 Å². The summed E-state index contributed by atoms with van der Waals surface area (Å²) < 4.78 is 0. The SMILES string of the molecule is CSc1cc(C(=O)N2CCc3[nH]c4ccc(Cl)cc4c3C2)ccn1. The molecule has 0 saturated heterocycles. The molecule has 0 radical (unpaired) electrons. The van der Waals surface area contributed by atoms with Crippen LogP contribution in [0.15, 0.2) is 41.6 Å². The van der Waals surface area contributed by atoms with Crippen molar-refractivity contribution in [2.45, 2.75) is 18.0 Å². The number of carbonyl (C=O) groups is 1. The lowest BCUT2D eigenvalue weighted by Gasteiger charge is -2.27. The van der Waals surface area contributed by atoms with E-state index < -0.39 is 0 Å². The average molecular weight is 358 g/mol. The number of pyridine rings is 1. The van der Waals surface area contributed by atoms with Crippen molar-refractivity contribution in [2.24, 2.45) is 0 Å². The van der Waals surface area contributed by atoms with Crippen LogP contribution in [0.4, 0.5) is 0 Å². The summed E-state index contributed by atoms with van der Waals surface area (Å²) in [5.74, 6) is 0.0507. The molecule has 122 valence electrons. The van der Waals surface area contributed by atoms with E-state index in [9.17, 15) is 4.79 Å². The molecule has 0 bridgehead atoms. The lowest BCUT2D eigenvalue weighted by atomic mass is 10.0. The lowest BCUT2D eigenvalue weighted by molar-refractivity contribution is 0.0734. The Bertz CT molecular complexity index is 937. The minimum Gasteiger partial charge on any atom is -0.358 e. The third-order valence-corrected chi connectivity index (χ3v) is 5.29. The van der Waals surface area contributed by atoms with Gasteiger partial charge in [-0.05, 0) is 36.6 Å². The number of thioether (sulfide) groups is 1. The number of nitrogens with one attached hydrogen (secondary N) is 1. The summed E-state index contributed by atoms with van der Waals surface area (Å²) in [6.45, 7) is 1.31. The van der Waals surface area contributed by atoms with Gasteiger partial charge in [-0.3, -0.25) is 4.79 Å². The monoisotopic (exact) mass is 357 g/mol. The third-order valence-electron chi connectivity index (χ3n) is 4.42. The molecule has 1 aliphatic heterocycles. The normalized spacial score (nSPS) is 14.0. The second-order valence-electron chi connectivity index (χ2n) is 5.84. The first-order chi connectivity index (χ1) is 11.7. The van der Waals surface area contributed by atoms with Gasteiger partial charge in [-0.15, -0.1) is 11.8 Å². The molecule has 24 heavy (non-hydrogen) atoms. The van der Waals surface area contributed by atoms with Crippen molar-refractivity contribution in [3.05, 3.63) is 58.4 Å². The fourth-order valence-electron chi connectivity index (χ4n) is 3.20. The van der Waals surface area contributed by atoms with Gasteiger partial charge in [0.2, 0.25) is 0 Å². The fraction of sp³-hybridized carbons (Fsp3) is 0.222. The lowest BCUT2D eigenvalue weighted by Crippen LogP contribution is -2.35. The molecule has 0 aliphatic carbocycles. The number of hydrogen-bond acceptors (Lipinski definition) is 3. The molecule has 1 aliphatic rings. The van der Waals surface area contributed by atoms with E-state index in [1.807, 2.05) is 35.4 Å². The van der Waals surface area contributed by atoms with Crippen molar-refractivity contribution < 1.29 is 4.79 Å². The summed E-state index contributed by atoms with van der Waals surface area (Å²) in [6.07, 6.45) is 4.48. The van der Waals surface area contributed by atoms with Crippen LogP contribution in [0.3, 0.4) is 0 Å². The van der Waals surface area contributed by atoms with Crippen LogP contribution in [-0.2, 0) is 13.0 Å². The summed E-state index contributed by atoms with van der Waals surface area (Å²) in [6, 6.07) is 9.49. The molecule has 0 saturated carbocycles. The maximum Gasteiger partial charge on any atom is 0.254 e. The number of nitrogens with zero attached hydrogens (tertiary/aromatic N) is 2. The quantitative estimate of drug-likeness (QED) is 0.701. The number of aromatic nitrogens is 2. The van der Waals surface area contributed by atoms with E-state index in [1.54, 1.807) is 12.3 Å². The van der Waals surface area contributed by atoms with Gasteiger partial charge < -0.3 is 9.88 Å². The van der Waals surface area contributed by atoms with Gasteiger partial charge >= 0.3 is 0 Å². The van der Waals surface area contributed by atoms with Crippen molar-refractivity contribution in [1.29, 1.82) is 0 Å². The second-order valence-corrected chi connectivity index (χ2v) is 7.10. The number of benzene rings is 1. The summed E-state index contributed by atoms with van der Waals surface area (Å²) in [4.78, 5) is 22.4. The predicted molar refractivity (Wildman–Crippen MR) is 97.8 cm³/mol. The molecule has 0 fully saturated rings. The molecule has 1 amide bonds. The largest absolute Gasteiger partial charge is 0.358 e. The van der Waals surface area contributed by atoms with Crippen LogP contribution in [0.1, 0.15) is 21.6 Å². The van der Waals surface area contributed by atoms with E-state index in [2.05, 4.69) is 9.97 Å². The van der Waals surface area contributed by atoms with E-state index >= 15 is 0 Å². The van der Waals surface area contributed by atoms with E-state index in [1.165, 1.54) is 23.0 Å². The summed E-state index contributed by atoms with van der Waals surface area (Å²) >= 11 is 7.68. The van der Waals surface area contributed by atoms with E-state index in [0.29, 0.717) is 23.7 Å². The number of halogens is 1. The second kappa shape index (κ2) is 6.15. The van der Waals surface area contributed by atoms with Crippen LogP contribution in [0.25, 0.3) is 10.9 Å². The van der Waals surface area contributed by atoms with Gasteiger partial charge in [0.05, 0.1) is 5.03 Å². The number of carbonyl (C=O) groups excluding carboxylic acids is 1. The minimum absolute atomic E-state index is 0.0507. The number of rotatable bonds is 2. The Labute approximate surface area is 149 Å². The molecule has 3 heterocycles. The van der Waals surface area contributed by atoms with Crippen LogP contribution in [-0.4, -0.2) is 33.6 Å². The van der Waals surface area contributed by atoms with Crippen molar-refractivity contribution in [3.8, 4) is 0 Å². The van der Waals surface area contributed by atoms with Gasteiger partial charge in [-0.2, -0.15) is 0 Å². The van der Waals surface area contributed by atoms with Crippen LogP contribution in [0.5, 0.6) is 0 Å². The van der Waals surface area contributed by atoms with Gasteiger partial charge in [0.1, 0.15) is 0 Å². The molecule has 1 aromatic carbocycles. The fourth-order valence-corrected chi connectivity index (χ4v) is 3.78. The van der Waals surface area contributed by atoms with Crippen LogP contribution in [0, 0.1) is 0 Å². The van der Waals surface area contributed by atoms with Crippen molar-refractivity contribution >= 4 is 40.2 Å². The standard InChI is InChI=1S/C18H16ClN3OS/c1-24-17-8-11(4-6-20-17)18(23)22-7-5-16-14(10-22)13-9-12(19)2-3-15(13)21-16/h2-4,6,8-9,21H,5,7,10H2,1H3. The average Bonchev–Trinajstić information content (AvgIpc) is 2.98. The molecule has 0 unspecified atom stereocenters. The smallest absolute Gasteiger partial charge is 0.254 e. The highest BCUT2D eigenvalue weighted by atomic mass is 35.5. The van der Waals surface area contributed by atoms with E-state index in [4.69, 9.17) is 11.6 Å². The molecular weight excluding hydrogens is 342 g/mol. The zero-order valence-electron chi connectivity index (χ0n) is 13.2. The maximum absolute atomic E-state index is 12.9. The molecule has 0 spiro atoms. The highest BCUT2D eigenvalue weighted by molar-refractivity contribution is 7.98. The number of aromatic amines is 1. The van der Waals surface area contributed by atoms with Gasteiger partial charge in [-0.1, -0.05) is 11.6 Å². The zero-order valence-corrected chi connectivity index (χ0v) is 14.7. The Morgan fingerprint density at radius 2 is 2.21 bits per heavy atom. The zero-order chi connectivity index (χ0) is 16.7. The number of fused-ring (bicyclic) bond motifs is 3. The number of hydrogen-bond donors (Lipinski definition) is 1. The first-order valence-corrected chi connectivity index (χ1v) is 9.34. The summed E-state index contributed by atoms with van der Waals surface area (Å²) in [5, 5.41) is 2.68. The minimum atomic E-state index is 0.0507. The van der Waals surface area contributed by atoms with Crippen LogP contribution < -0.4 is 0 Å². The Morgan fingerprint density at radius 3 is 3.04 bits per heavy atom. The molecule has 1 N–H and O–H groups in total. The van der Waals surface area contributed by atoms with Crippen LogP contribution >= 0.6 is 23.4 Å². The molecular formula is C18H16ClN3OS. The Hall–Kier alpha value is -1.98. The number of H-pyrrole nitrogens is 1. The van der Waals surface area contributed by atoms with Crippen molar-refractivity contribution in [1.82, 2.24) is 14.9 Å². The third kappa shape index (κ3) is 2.68. The first kappa shape index (κ1) is 15.5. The topological polar surface area (TPSA) is 49.0 Å². The van der Waals surface area contributed by atoms with E-state index in [0.717, 1.165) is 22.3 Å². The molecule has 0 atom stereocenters. The molecule has 4 nitrogen and oxygen atoms in total. The highest BCUT2D eigenvalue weighted by Crippen LogP contribution is 2.30. The van der Waals surface area contributed by atoms with Crippen molar-refractivity contribution in [3.63, 3.8) is 0 Å². The summed E-state index contributed by atoms with van der Waals surface area (Å²) in [7, 11) is 0. The predicted octanol–water partition coefficient (Wildman–Crippen LogP) is 4.14. The molecule has 2 aromatic heterocycles.